The first-order chi connectivity index (χ1) is 15.5. The van der Waals surface area contributed by atoms with Crippen molar-refractivity contribution in [2.24, 2.45) is 28.1 Å². The molecule has 0 bridgehead atoms. The van der Waals surface area contributed by atoms with E-state index in [1.165, 1.54) is 51.4 Å². The first kappa shape index (κ1) is 34.0. The number of rotatable bonds is 20. The third-order valence-electron chi connectivity index (χ3n) is 5.20. The highest BCUT2D eigenvalue weighted by molar-refractivity contribution is 7.46. The Labute approximate surface area is 200 Å². The summed E-state index contributed by atoms with van der Waals surface area (Å²) in [6.45, 7) is 5.02. The normalized spacial score (nSPS) is 13.0. The fraction of sp³-hybridized carbons (Fsp3) is 0.909. The summed E-state index contributed by atoms with van der Waals surface area (Å²) in [6, 6.07) is -0.820. The Balaban J connectivity index is 0. The van der Waals surface area contributed by atoms with Gasteiger partial charge in [0.1, 0.15) is 6.04 Å². The zero-order valence-corrected chi connectivity index (χ0v) is 21.6. The third-order valence-corrected chi connectivity index (χ3v) is 5.68. The Bertz CT molecular complexity index is 541. The van der Waals surface area contributed by atoms with Crippen molar-refractivity contribution in [1.29, 1.82) is 0 Å². The molecule has 33 heavy (non-hydrogen) atoms. The Kier molecular flexibility index (Phi) is 23.3. The molecule has 0 fully saturated rings. The van der Waals surface area contributed by atoms with Crippen LogP contribution in [0.3, 0.4) is 0 Å². The second kappa shape index (κ2) is 22.6. The quantitative estimate of drug-likeness (QED) is 0.0627. The zero-order valence-electron chi connectivity index (χ0n) is 20.7. The van der Waals surface area contributed by atoms with Crippen molar-refractivity contribution in [1.82, 2.24) is 0 Å². The minimum atomic E-state index is -4.32. The third kappa shape index (κ3) is 28.8. The number of carboxylic acids is 1. The lowest BCUT2D eigenvalue weighted by atomic mass is 9.95. The Morgan fingerprint density at radius 1 is 0.879 bits per heavy atom. The van der Waals surface area contributed by atoms with Crippen LogP contribution < -0.4 is 17.2 Å². The second-order valence-electron chi connectivity index (χ2n) is 8.45. The Hall–Kier alpha value is -1.19. The predicted molar refractivity (Wildman–Crippen MR) is 134 cm³/mol. The fourth-order valence-corrected chi connectivity index (χ4v) is 3.63. The highest BCUT2D eigenvalue weighted by atomic mass is 31.2. The first-order valence-corrected chi connectivity index (χ1v) is 13.8. The summed E-state index contributed by atoms with van der Waals surface area (Å²) < 4.78 is 15.5. The minimum absolute atomic E-state index is 0.0129. The number of nitrogens with zero attached hydrogens (tertiary/aromatic N) is 1. The number of hydrogen-bond donors (Lipinski definition) is 6. The van der Waals surface area contributed by atoms with Crippen molar-refractivity contribution in [3.8, 4) is 0 Å². The maximum Gasteiger partial charge on any atom is 0.469 e. The van der Waals surface area contributed by atoms with E-state index in [0.29, 0.717) is 25.3 Å². The highest BCUT2D eigenvalue weighted by Gasteiger charge is 2.18. The van der Waals surface area contributed by atoms with E-state index >= 15 is 0 Å². The van der Waals surface area contributed by atoms with E-state index in [0.717, 1.165) is 25.7 Å². The molecule has 0 radical (unpaired) electrons. The van der Waals surface area contributed by atoms with Crippen molar-refractivity contribution < 1.29 is 28.8 Å². The summed E-state index contributed by atoms with van der Waals surface area (Å²) in [5, 5.41) is 8.38. The van der Waals surface area contributed by atoms with E-state index in [2.05, 4.69) is 18.8 Å². The number of carboxylic acid groups (broad SMARTS) is 1. The molecule has 0 aromatic rings. The molecule has 0 spiro atoms. The lowest BCUT2D eigenvalue weighted by Crippen LogP contribution is -2.30. The summed E-state index contributed by atoms with van der Waals surface area (Å²) in [7, 11) is -4.32. The van der Waals surface area contributed by atoms with E-state index in [9.17, 15) is 9.36 Å². The van der Waals surface area contributed by atoms with Gasteiger partial charge in [0.15, 0.2) is 5.96 Å². The molecular formula is C22H49N4O6P. The predicted octanol–water partition coefficient (Wildman–Crippen LogP) is 3.88. The molecule has 0 aliphatic heterocycles. The number of carbonyl (C=O) groups is 1. The van der Waals surface area contributed by atoms with Crippen molar-refractivity contribution in [3.05, 3.63) is 0 Å². The summed E-state index contributed by atoms with van der Waals surface area (Å²) in [5.74, 6) is -0.695. The van der Waals surface area contributed by atoms with Crippen LogP contribution in [0.2, 0.25) is 0 Å². The molecular weight excluding hydrogens is 447 g/mol. The molecule has 9 N–H and O–H groups in total. The average molecular weight is 497 g/mol. The van der Waals surface area contributed by atoms with Crippen molar-refractivity contribution in [2.75, 3.05) is 13.2 Å². The number of phosphoric acid groups is 1. The molecule has 0 saturated heterocycles. The smallest absolute Gasteiger partial charge is 0.469 e. The van der Waals surface area contributed by atoms with Crippen molar-refractivity contribution in [3.63, 3.8) is 0 Å². The lowest BCUT2D eigenvalue weighted by Gasteiger charge is -2.17. The zero-order chi connectivity index (χ0) is 25.5. The number of aliphatic imine (C=N–C) groups is 1. The molecule has 0 aliphatic carbocycles. The van der Waals surface area contributed by atoms with Gasteiger partial charge in [-0.2, -0.15) is 0 Å². The van der Waals surface area contributed by atoms with Gasteiger partial charge in [0.05, 0.1) is 6.61 Å². The summed E-state index contributed by atoms with van der Waals surface area (Å²) in [4.78, 5) is 31.6. The molecule has 198 valence electrons. The Morgan fingerprint density at radius 3 is 1.82 bits per heavy atom. The number of guanidine groups is 1. The van der Waals surface area contributed by atoms with E-state index in [4.69, 9.17) is 36.6 Å². The summed E-state index contributed by atoms with van der Waals surface area (Å²) in [5.41, 5.74) is 15.3. The number of hydrogen-bond acceptors (Lipinski definition) is 5. The second-order valence-corrected chi connectivity index (χ2v) is 9.69. The van der Waals surface area contributed by atoms with Crippen LogP contribution >= 0.6 is 7.82 Å². The number of aliphatic carboxylic acids is 1. The van der Waals surface area contributed by atoms with Gasteiger partial charge >= 0.3 is 13.8 Å². The molecule has 2 atom stereocenters. The van der Waals surface area contributed by atoms with Gasteiger partial charge in [-0.05, 0) is 31.6 Å². The molecule has 0 aromatic heterocycles. The molecule has 10 nitrogen and oxygen atoms in total. The molecule has 0 aromatic carbocycles. The largest absolute Gasteiger partial charge is 0.480 e. The van der Waals surface area contributed by atoms with Crippen LogP contribution in [0.1, 0.15) is 104 Å². The average Bonchev–Trinajstić information content (AvgIpc) is 2.73. The van der Waals surface area contributed by atoms with Crippen LogP contribution in [-0.4, -0.2) is 46.0 Å². The molecule has 0 saturated carbocycles. The van der Waals surface area contributed by atoms with Crippen LogP contribution in [0.5, 0.6) is 0 Å². The van der Waals surface area contributed by atoms with Gasteiger partial charge in [-0.15, -0.1) is 0 Å². The summed E-state index contributed by atoms with van der Waals surface area (Å²) in [6.07, 6.45) is 15.3. The molecule has 0 rings (SSSR count). The van der Waals surface area contributed by atoms with Gasteiger partial charge in [-0.3, -0.25) is 14.3 Å². The highest BCUT2D eigenvalue weighted by Crippen LogP contribution is 2.37. The number of phosphoric ester groups is 1. The fourth-order valence-electron chi connectivity index (χ4n) is 3.23. The number of nitrogens with two attached hydrogens (primary N) is 3. The number of unbranched alkanes of at least 4 members (excludes halogenated alkanes) is 8. The molecule has 11 heteroatoms. The van der Waals surface area contributed by atoms with Gasteiger partial charge in [-0.1, -0.05) is 78.1 Å². The monoisotopic (exact) mass is 496 g/mol. The van der Waals surface area contributed by atoms with Crippen LogP contribution in [-0.2, 0) is 13.9 Å². The van der Waals surface area contributed by atoms with Crippen LogP contribution in [0.25, 0.3) is 0 Å². The van der Waals surface area contributed by atoms with Gasteiger partial charge in [0, 0.05) is 6.54 Å². The van der Waals surface area contributed by atoms with Crippen molar-refractivity contribution >= 4 is 19.8 Å². The van der Waals surface area contributed by atoms with Gasteiger partial charge < -0.3 is 32.1 Å². The summed E-state index contributed by atoms with van der Waals surface area (Å²) >= 11 is 0. The van der Waals surface area contributed by atoms with E-state index in [1.54, 1.807) is 0 Å². The van der Waals surface area contributed by atoms with Crippen LogP contribution in [0.4, 0.5) is 0 Å². The minimum Gasteiger partial charge on any atom is -0.480 e. The first-order valence-electron chi connectivity index (χ1n) is 12.3. The van der Waals surface area contributed by atoms with Crippen LogP contribution in [0.15, 0.2) is 4.99 Å². The van der Waals surface area contributed by atoms with Gasteiger partial charge in [0.25, 0.3) is 0 Å². The molecule has 0 heterocycles. The molecule has 0 aliphatic rings. The molecule has 0 amide bonds. The van der Waals surface area contributed by atoms with Crippen LogP contribution in [0, 0.1) is 5.92 Å². The molecule has 1 unspecified atom stereocenters. The Morgan fingerprint density at radius 2 is 1.36 bits per heavy atom. The van der Waals surface area contributed by atoms with E-state index < -0.39 is 19.8 Å². The van der Waals surface area contributed by atoms with Gasteiger partial charge in [0.2, 0.25) is 0 Å². The topological polar surface area (TPSA) is 194 Å². The van der Waals surface area contributed by atoms with E-state index in [-0.39, 0.29) is 12.6 Å². The lowest BCUT2D eigenvalue weighted by molar-refractivity contribution is -0.138. The maximum absolute atomic E-state index is 10.8. The standard InChI is InChI=1S/C16H35O4P.C6H14N4O2/c1-3-5-7-9-10-12-14-16(13-11-8-6-4-2)15-20-21(17,18)19;7-4(5(11)12)2-1-3-10-6(8)9/h16H,3-15H2,1-2H3,(H2,17,18,19);4H,1-3,7H2,(H,11,12)(H4,8,9,10)/t;4-/m.0/s1. The van der Waals surface area contributed by atoms with Gasteiger partial charge in [-0.25, -0.2) is 4.57 Å². The van der Waals surface area contributed by atoms with Crippen molar-refractivity contribution in [2.45, 2.75) is 110 Å². The maximum atomic E-state index is 10.8. The SMILES string of the molecule is CCCCCCCCC(CCCCCC)COP(=O)(O)O.NC(N)=NCCC[C@H](N)C(=O)O. The van der Waals surface area contributed by atoms with E-state index in [1.807, 2.05) is 0 Å².